The van der Waals surface area contributed by atoms with Crippen molar-refractivity contribution >= 4 is 21.6 Å². The first kappa shape index (κ1) is 20.3. The Labute approximate surface area is 166 Å². The summed E-state index contributed by atoms with van der Waals surface area (Å²) < 4.78 is 32.2. The number of benzene rings is 2. The molecule has 0 radical (unpaired) electrons. The quantitative estimate of drug-likeness (QED) is 0.798. The van der Waals surface area contributed by atoms with Crippen LogP contribution in [0.5, 0.6) is 5.75 Å². The molecule has 1 atom stereocenters. The number of amides is 1. The van der Waals surface area contributed by atoms with E-state index in [2.05, 4.69) is 5.32 Å². The van der Waals surface area contributed by atoms with Crippen LogP contribution < -0.4 is 10.1 Å². The van der Waals surface area contributed by atoms with Gasteiger partial charge in [0.1, 0.15) is 5.75 Å². The first-order valence-corrected chi connectivity index (χ1v) is 10.6. The Kier molecular flexibility index (Phi) is 6.33. The second-order valence-electron chi connectivity index (χ2n) is 6.65. The van der Waals surface area contributed by atoms with Gasteiger partial charge in [0.15, 0.2) is 0 Å². The predicted molar refractivity (Wildman–Crippen MR) is 108 cm³/mol. The highest BCUT2D eigenvalue weighted by Gasteiger charge is 2.31. The van der Waals surface area contributed by atoms with Gasteiger partial charge < -0.3 is 10.1 Å². The number of para-hydroxylation sites is 1. The number of ether oxygens (including phenoxy) is 1. The average molecular weight is 404 g/mol. The van der Waals surface area contributed by atoms with Gasteiger partial charge >= 0.3 is 0 Å². The lowest BCUT2D eigenvalue weighted by molar-refractivity contribution is -0.121. The van der Waals surface area contributed by atoms with E-state index in [1.54, 1.807) is 24.3 Å². The molecule has 1 N–H and O–H groups in total. The maximum atomic E-state index is 12.8. The number of rotatable bonds is 6. The van der Waals surface area contributed by atoms with Gasteiger partial charge in [-0.2, -0.15) is 4.31 Å². The number of hydrogen-bond donors (Lipinski definition) is 1. The van der Waals surface area contributed by atoms with Crippen LogP contribution in [0, 0.1) is 0 Å². The molecule has 150 valence electrons. The third-order valence-electron chi connectivity index (χ3n) is 4.94. The van der Waals surface area contributed by atoms with Crippen molar-refractivity contribution in [2.75, 3.05) is 38.6 Å². The van der Waals surface area contributed by atoms with E-state index >= 15 is 0 Å². The van der Waals surface area contributed by atoms with Crippen LogP contribution >= 0.6 is 0 Å². The summed E-state index contributed by atoms with van der Waals surface area (Å²) in [7, 11) is -2.01. The molecule has 0 saturated carbocycles. The number of carbonyl (C=O) groups excluding carboxylic acids is 1. The zero-order valence-corrected chi connectivity index (χ0v) is 16.9. The molecule has 1 saturated heterocycles. The van der Waals surface area contributed by atoms with Crippen LogP contribution in [0.15, 0.2) is 59.5 Å². The fraction of sp³-hybridized carbons (Fsp3) is 0.350. The molecule has 0 spiro atoms. The number of nitrogens with zero attached hydrogens (tertiary/aromatic N) is 2. The summed E-state index contributed by atoms with van der Waals surface area (Å²) >= 11 is 0. The molecule has 1 heterocycles. The lowest BCUT2D eigenvalue weighted by Gasteiger charge is -2.36. The predicted octanol–water partition coefficient (Wildman–Crippen LogP) is 2.03. The van der Waals surface area contributed by atoms with Crippen LogP contribution in [-0.2, 0) is 14.8 Å². The number of sulfonamides is 1. The summed E-state index contributed by atoms with van der Waals surface area (Å²) in [5.41, 5.74) is 0.750. The third-order valence-corrected chi connectivity index (χ3v) is 6.85. The van der Waals surface area contributed by atoms with Gasteiger partial charge in [0.2, 0.25) is 15.9 Å². The minimum Gasteiger partial charge on any atom is -0.497 e. The Bertz CT molecular complexity index is 893. The molecule has 1 fully saturated rings. The molecule has 1 aliphatic rings. The Morgan fingerprint density at radius 3 is 2.18 bits per heavy atom. The maximum absolute atomic E-state index is 12.8. The van der Waals surface area contributed by atoms with Gasteiger partial charge in [0, 0.05) is 31.9 Å². The molecule has 2 aromatic rings. The molecular weight excluding hydrogens is 378 g/mol. The van der Waals surface area contributed by atoms with Gasteiger partial charge in [0.05, 0.1) is 18.0 Å². The van der Waals surface area contributed by atoms with Gasteiger partial charge in [-0.05, 0) is 43.3 Å². The van der Waals surface area contributed by atoms with E-state index in [0.29, 0.717) is 31.9 Å². The van der Waals surface area contributed by atoms with Crippen LogP contribution in [-0.4, -0.2) is 62.9 Å². The van der Waals surface area contributed by atoms with Crippen molar-refractivity contribution < 1.29 is 17.9 Å². The SMILES string of the molecule is COc1ccc(S(=O)(=O)N2CCN([C@H](C)C(=O)Nc3ccccc3)CC2)cc1. The summed E-state index contributed by atoms with van der Waals surface area (Å²) in [5.74, 6) is 0.514. The number of piperazine rings is 1. The van der Waals surface area contributed by atoms with Gasteiger partial charge in [-0.15, -0.1) is 0 Å². The van der Waals surface area contributed by atoms with E-state index in [-0.39, 0.29) is 16.8 Å². The van der Waals surface area contributed by atoms with Gasteiger partial charge in [-0.1, -0.05) is 18.2 Å². The molecule has 8 heteroatoms. The Morgan fingerprint density at radius 2 is 1.61 bits per heavy atom. The zero-order chi connectivity index (χ0) is 20.1. The highest BCUT2D eigenvalue weighted by atomic mass is 32.2. The topological polar surface area (TPSA) is 79.0 Å². The Hall–Kier alpha value is -2.42. The minimum absolute atomic E-state index is 0.0994. The smallest absolute Gasteiger partial charge is 0.243 e. The van der Waals surface area contributed by atoms with Crippen molar-refractivity contribution in [3.8, 4) is 5.75 Å². The van der Waals surface area contributed by atoms with Crippen LogP contribution in [0.25, 0.3) is 0 Å². The van der Waals surface area contributed by atoms with Crippen molar-refractivity contribution in [2.45, 2.75) is 17.9 Å². The second kappa shape index (κ2) is 8.72. The summed E-state index contributed by atoms with van der Waals surface area (Å²) in [4.78, 5) is 14.7. The van der Waals surface area contributed by atoms with E-state index in [9.17, 15) is 13.2 Å². The highest BCUT2D eigenvalue weighted by Crippen LogP contribution is 2.21. The van der Waals surface area contributed by atoms with Crippen molar-refractivity contribution in [2.24, 2.45) is 0 Å². The molecule has 7 nitrogen and oxygen atoms in total. The average Bonchev–Trinajstić information content (AvgIpc) is 2.74. The van der Waals surface area contributed by atoms with E-state index in [0.717, 1.165) is 5.69 Å². The number of carbonyl (C=O) groups is 1. The van der Waals surface area contributed by atoms with E-state index in [1.165, 1.54) is 11.4 Å². The molecular formula is C20H25N3O4S. The third kappa shape index (κ3) is 4.52. The molecule has 3 rings (SSSR count). The van der Waals surface area contributed by atoms with Crippen molar-refractivity contribution in [3.63, 3.8) is 0 Å². The minimum atomic E-state index is -3.55. The lowest BCUT2D eigenvalue weighted by Crippen LogP contribution is -2.53. The molecule has 0 bridgehead atoms. The standard InChI is InChI=1S/C20H25N3O4S/c1-16(20(24)21-17-6-4-3-5-7-17)22-12-14-23(15-13-22)28(25,26)19-10-8-18(27-2)9-11-19/h3-11,16H,12-15H2,1-2H3,(H,21,24)/t16-/m1/s1. The molecule has 0 aliphatic carbocycles. The summed E-state index contributed by atoms with van der Waals surface area (Å²) in [5, 5.41) is 2.89. The first-order chi connectivity index (χ1) is 13.4. The van der Waals surface area contributed by atoms with E-state index < -0.39 is 10.0 Å². The van der Waals surface area contributed by atoms with Gasteiger partial charge in [-0.3, -0.25) is 9.69 Å². The maximum Gasteiger partial charge on any atom is 0.243 e. The zero-order valence-electron chi connectivity index (χ0n) is 16.0. The number of anilines is 1. The Morgan fingerprint density at radius 1 is 1.00 bits per heavy atom. The molecule has 1 aliphatic heterocycles. The summed E-state index contributed by atoms with van der Waals surface area (Å²) in [6, 6.07) is 15.3. The fourth-order valence-electron chi connectivity index (χ4n) is 3.16. The van der Waals surface area contributed by atoms with Crippen molar-refractivity contribution in [1.82, 2.24) is 9.21 Å². The molecule has 0 unspecified atom stereocenters. The molecule has 0 aromatic heterocycles. The van der Waals surface area contributed by atoms with Crippen LogP contribution in [0.1, 0.15) is 6.92 Å². The largest absolute Gasteiger partial charge is 0.497 e. The summed E-state index contributed by atoms with van der Waals surface area (Å²) in [6.07, 6.45) is 0. The Balaban J connectivity index is 1.59. The lowest BCUT2D eigenvalue weighted by atomic mass is 10.2. The molecule has 28 heavy (non-hydrogen) atoms. The van der Waals surface area contributed by atoms with Gasteiger partial charge in [-0.25, -0.2) is 8.42 Å². The number of hydrogen-bond acceptors (Lipinski definition) is 5. The normalized spacial score (nSPS) is 17.1. The van der Waals surface area contributed by atoms with Crippen LogP contribution in [0.3, 0.4) is 0 Å². The fourth-order valence-corrected chi connectivity index (χ4v) is 4.58. The first-order valence-electron chi connectivity index (χ1n) is 9.16. The number of methoxy groups -OCH3 is 1. The van der Waals surface area contributed by atoms with Crippen LogP contribution in [0.4, 0.5) is 5.69 Å². The summed E-state index contributed by atoms with van der Waals surface area (Å²) in [6.45, 7) is 3.53. The van der Waals surface area contributed by atoms with E-state index in [1.807, 2.05) is 42.2 Å². The number of nitrogens with one attached hydrogen (secondary N) is 1. The molecule has 2 aromatic carbocycles. The van der Waals surface area contributed by atoms with Crippen LogP contribution in [0.2, 0.25) is 0 Å². The highest BCUT2D eigenvalue weighted by molar-refractivity contribution is 7.89. The van der Waals surface area contributed by atoms with Gasteiger partial charge in [0.25, 0.3) is 0 Å². The molecule has 1 amide bonds. The second-order valence-corrected chi connectivity index (χ2v) is 8.58. The van der Waals surface area contributed by atoms with E-state index in [4.69, 9.17) is 4.74 Å². The van der Waals surface area contributed by atoms with Crippen molar-refractivity contribution in [1.29, 1.82) is 0 Å². The monoisotopic (exact) mass is 403 g/mol. The van der Waals surface area contributed by atoms with Crippen molar-refractivity contribution in [3.05, 3.63) is 54.6 Å².